The summed E-state index contributed by atoms with van der Waals surface area (Å²) >= 11 is 0. The molecule has 0 spiro atoms. The molecule has 0 unspecified atom stereocenters. The summed E-state index contributed by atoms with van der Waals surface area (Å²) in [5.41, 5.74) is 1.13. The molecular weight excluding hydrogens is 296 g/mol. The van der Waals surface area contributed by atoms with Gasteiger partial charge in [-0.1, -0.05) is 18.2 Å². The average Bonchev–Trinajstić information content (AvgIpc) is 2.90. The van der Waals surface area contributed by atoms with Gasteiger partial charge in [-0.2, -0.15) is 0 Å². The largest absolute Gasteiger partial charge is 0.497 e. The van der Waals surface area contributed by atoms with E-state index in [1.807, 2.05) is 24.3 Å². The zero-order valence-corrected chi connectivity index (χ0v) is 12.6. The Morgan fingerprint density at radius 1 is 1.22 bits per heavy atom. The maximum Gasteiger partial charge on any atom is 0.350 e. The zero-order valence-electron chi connectivity index (χ0n) is 12.6. The van der Waals surface area contributed by atoms with E-state index >= 15 is 0 Å². The van der Waals surface area contributed by atoms with Gasteiger partial charge in [-0.15, -0.1) is 5.10 Å². The second-order valence-electron chi connectivity index (χ2n) is 4.99. The third kappa shape index (κ3) is 3.23. The number of pyridine rings is 1. The van der Waals surface area contributed by atoms with Crippen LogP contribution >= 0.6 is 0 Å². The number of carbonyl (C=O) groups excluding carboxylic acids is 1. The Morgan fingerprint density at radius 3 is 2.70 bits per heavy atom. The lowest BCUT2D eigenvalue weighted by Gasteiger charge is -2.06. The number of benzene rings is 1. The van der Waals surface area contributed by atoms with Crippen LogP contribution in [0.15, 0.2) is 53.5 Å². The zero-order chi connectivity index (χ0) is 16.2. The molecule has 0 radical (unpaired) electrons. The van der Waals surface area contributed by atoms with Gasteiger partial charge < -0.3 is 10.1 Å². The van der Waals surface area contributed by atoms with Crippen molar-refractivity contribution in [3.8, 4) is 5.75 Å². The van der Waals surface area contributed by atoms with Crippen LogP contribution in [0.3, 0.4) is 0 Å². The van der Waals surface area contributed by atoms with Crippen LogP contribution in [0.4, 0.5) is 0 Å². The Balaban J connectivity index is 1.64. The van der Waals surface area contributed by atoms with E-state index in [0.717, 1.165) is 16.0 Å². The fraction of sp³-hybridized carbons (Fsp3) is 0.188. The third-order valence-electron chi connectivity index (χ3n) is 3.43. The summed E-state index contributed by atoms with van der Waals surface area (Å²) < 4.78 is 7.63. The van der Waals surface area contributed by atoms with Crippen LogP contribution in [0.25, 0.3) is 5.65 Å². The molecule has 0 aliphatic heterocycles. The fourth-order valence-corrected chi connectivity index (χ4v) is 2.21. The van der Waals surface area contributed by atoms with E-state index in [4.69, 9.17) is 4.74 Å². The number of methoxy groups -OCH3 is 1. The van der Waals surface area contributed by atoms with E-state index in [1.165, 1.54) is 4.40 Å². The summed E-state index contributed by atoms with van der Waals surface area (Å²) in [5, 5.41) is 6.89. The highest BCUT2D eigenvalue weighted by Gasteiger charge is 2.10. The second kappa shape index (κ2) is 6.35. The van der Waals surface area contributed by atoms with Crippen molar-refractivity contribution in [3.05, 3.63) is 64.7 Å². The van der Waals surface area contributed by atoms with E-state index in [1.54, 1.807) is 31.5 Å². The van der Waals surface area contributed by atoms with Crippen molar-refractivity contribution in [3.63, 3.8) is 0 Å². The SMILES string of the molecule is COc1ccc(CNC(=O)Cn2nc3ccccn3c2=O)cc1. The first kappa shape index (κ1) is 14.8. The summed E-state index contributed by atoms with van der Waals surface area (Å²) in [7, 11) is 1.60. The lowest BCUT2D eigenvalue weighted by molar-refractivity contribution is -0.122. The second-order valence-corrected chi connectivity index (χ2v) is 4.99. The van der Waals surface area contributed by atoms with Crippen LogP contribution < -0.4 is 15.7 Å². The molecule has 0 fully saturated rings. The van der Waals surface area contributed by atoms with Gasteiger partial charge in [-0.3, -0.25) is 9.20 Å². The molecule has 1 N–H and O–H groups in total. The number of carbonyl (C=O) groups is 1. The summed E-state index contributed by atoms with van der Waals surface area (Å²) in [6, 6.07) is 12.6. The van der Waals surface area contributed by atoms with Crippen molar-refractivity contribution >= 4 is 11.6 Å². The minimum atomic E-state index is -0.333. The van der Waals surface area contributed by atoms with Crippen LogP contribution in [0, 0.1) is 0 Å². The van der Waals surface area contributed by atoms with E-state index in [0.29, 0.717) is 12.2 Å². The minimum absolute atomic E-state index is 0.114. The van der Waals surface area contributed by atoms with Gasteiger partial charge in [0, 0.05) is 12.7 Å². The van der Waals surface area contributed by atoms with Crippen LogP contribution in [-0.2, 0) is 17.9 Å². The van der Waals surface area contributed by atoms with Gasteiger partial charge in [0.25, 0.3) is 0 Å². The highest BCUT2D eigenvalue weighted by Crippen LogP contribution is 2.10. The summed E-state index contributed by atoms with van der Waals surface area (Å²) in [4.78, 5) is 24.1. The molecule has 2 aromatic heterocycles. The number of aromatic nitrogens is 3. The van der Waals surface area contributed by atoms with Crippen LogP contribution in [0.5, 0.6) is 5.75 Å². The topological polar surface area (TPSA) is 77.6 Å². The van der Waals surface area contributed by atoms with Crippen molar-refractivity contribution in [2.45, 2.75) is 13.1 Å². The summed E-state index contributed by atoms with van der Waals surface area (Å²) in [6.07, 6.45) is 1.62. The highest BCUT2D eigenvalue weighted by atomic mass is 16.5. The van der Waals surface area contributed by atoms with E-state index in [2.05, 4.69) is 10.4 Å². The summed E-state index contributed by atoms with van der Waals surface area (Å²) in [5.74, 6) is 0.489. The number of nitrogens with zero attached hydrogens (tertiary/aromatic N) is 3. The van der Waals surface area contributed by atoms with Gasteiger partial charge in [0.2, 0.25) is 5.91 Å². The van der Waals surface area contributed by atoms with Crippen molar-refractivity contribution in [1.29, 1.82) is 0 Å². The molecule has 0 bridgehead atoms. The molecule has 7 nitrogen and oxygen atoms in total. The van der Waals surface area contributed by atoms with E-state index < -0.39 is 0 Å². The Bertz CT molecular complexity index is 880. The maximum absolute atomic E-state index is 12.1. The molecule has 3 rings (SSSR count). The summed E-state index contributed by atoms with van der Waals surface area (Å²) in [6.45, 7) is 0.265. The number of amides is 1. The Morgan fingerprint density at radius 2 is 2.00 bits per heavy atom. The molecule has 0 aliphatic rings. The molecule has 2 heterocycles. The first-order valence-electron chi connectivity index (χ1n) is 7.11. The molecule has 0 saturated carbocycles. The van der Waals surface area contributed by atoms with Gasteiger partial charge in [0.1, 0.15) is 12.3 Å². The number of ether oxygens (including phenoxy) is 1. The van der Waals surface area contributed by atoms with Gasteiger partial charge in [0.15, 0.2) is 5.65 Å². The molecule has 7 heteroatoms. The predicted molar refractivity (Wildman–Crippen MR) is 84.3 cm³/mol. The number of fused-ring (bicyclic) bond motifs is 1. The van der Waals surface area contributed by atoms with Crippen molar-refractivity contribution in [2.75, 3.05) is 7.11 Å². The number of hydrogen-bond acceptors (Lipinski definition) is 4. The monoisotopic (exact) mass is 312 g/mol. The van der Waals surface area contributed by atoms with E-state index in [9.17, 15) is 9.59 Å². The molecule has 0 aliphatic carbocycles. The molecule has 3 aromatic rings. The molecule has 0 atom stereocenters. The van der Waals surface area contributed by atoms with Gasteiger partial charge in [-0.05, 0) is 29.8 Å². The van der Waals surface area contributed by atoms with Crippen LogP contribution in [0.2, 0.25) is 0 Å². The normalized spacial score (nSPS) is 10.7. The average molecular weight is 312 g/mol. The van der Waals surface area contributed by atoms with Crippen molar-refractivity contribution in [2.24, 2.45) is 0 Å². The standard InChI is InChI=1S/C16H16N4O3/c1-23-13-7-5-12(6-8-13)10-17-15(21)11-20-16(22)19-9-3-2-4-14(19)18-20/h2-9H,10-11H2,1H3,(H,17,21). The molecular formula is C16H16N4O3. The minimum Gasteiger partial charge on any atom is -0.497 e. The van der Waals surface area contributed by atoms with Gasteiger partial charge >= 0.3 is 5.69 Å². The predicted octanol–water partition coefficient (Wildman–Crippen LogP) is 0.821. The number of rotatable bonds is 5. The molecule has 0 saturated heterocycles. The van der Waals surface area contributed by atoms with Crippen molar-refractivity contribution < 1.29 is 9.53 Å². The van der Waals surface area contributed by atoms with Crippen LogP contribution in [0.1, 0.15) is 5.56 Å². The lowest BCUT2D eigenvalue weighted by atomic mass is 10.2. The maximum atomic E-state index is 12.1. The molecule has 118 valence electrons. The Kier molecular flexibility index (Phi) is 4.09. The first-order chi connectivity index (χ1) is 11.2. The molecule has 1 aromatic carbocycles. The Hall–Kier alpha value is -3.09. The third-order valence-corrected chi connectivity index (χ3v) is 3.43. The number of nitrogens with one attached hydrogen (secondary N) is 1. The molecule has 1 amide bonds. The van der Waals surface area contributed by atoms with Crippen molar-refractivity contribution in [1.82, 2.24) is 19.5 Å². The first-order valence-corrected chi connectivity index (χ1v) is 7.11. The lowest BCUT2D eigenvalue weighted by Crippen LogP contribution is -2.32. The Labute approximate surface area is 132 Å². The smallest absolute Gasteiger partial charge is 0.350 e. The number of hydrogen-bond donors (Lipinski definition) is 1. The van der Waals surface area contributed by atoms with E-state index in [-0.39, 0.29) is 18.1 Å². The van der Waals surface area contributed by atoms with Crippen LogP contribution in [-0.4, -0.2) is 27.2 Å². The quantitative estimate of drug-likeness (QED) is 0.756. The fourth-order valence-electron chi connectivity index (χ4n) is 2.21. The highest BCUT2D eigenvalue weighted by molar-refractivity contribution is 5.75. The molecule has 23 heavy (non-hydrogen) atoms. The van der Waals surface area contributed by atoms with Gasteiger partial charge in [0.05, 0.1) is 7.11 Å². The van der Waals surface area contributed by atoms with Gasteiger partial charge in [-0.25, -0.2) is 9.48 Å².